The molecule has 2 fully saturated rings. The van der Waals surface area contributed by atoms with Crippen LogP contribution in [0.15, 0.2) is 24.3 Å². The first kappa shape index (κ1) is 18.7. The maximum Gasteiger partial charge on any atom is 0.321 e. The Morgan fingerprint density at radius 2 is 2.08 bits per heavy atom. The Morgan fingerprint density at radius 3 is 2.77 bits per heavy atom. The molecule has 26 heavy (non-hydrogen) atoms. The first-order valence-electron chi connectivity index (χ1n) is 9.20. The van der Waals surface area contributed by atoms with Gasteiger partial charge >= 0.3 is 6.03 Å². The minimum Gasteiger partial charge on any atom is -0.388 e. The molecule has 1 unspecified atom stereocenters. The van der Waals surface area contributed by atoms with E-state index in [0.29, 0.717) is 51.1 Å². The van der Waals surface area contributed by atoms with Gasteiger partial charge in [-0.15, -0.1) is 0 Å². The average Bonchev–Trinajstić information content (AvgIpc) is 2.93. The van der Waals surface area contributed by atoms with Crippen LogP contribution in [0.25, 0.3) is 0 Å². The van der Waals surface area contributed by atoms with Gasteiger partial charge < -0.3 is 20.2 Å². The molecule has 1 aromatic rings. The van der Waals surface area contributed by atoms with Crippen molar-refractivity contribution in [3.05, 3.63) is 29.8 Å². The zero-order valence-electron chi connectivity index (χ0n) is 15.6. The van der Waals surface area contributed by atoms with E-state index in [4.69, 9.17) is 0 Å². The van der Waals surface area contributed by atoms with Crippen LogP contribution in [0, 0.1) is 0 Å². The summed E-state index contributed by atoms with van der Waals surface area (Å²) in [5.74, 6) is -0.0411. The highest BCUT2D eigenvalue weighted by Gasteiger charge is 2.32. The fraction of sp³-hybridized carbons (Fsp3) is 0.579. The summed E-state index contributed by atoms with van der Waals surface area (Å²) in [7, 11) is 3.90. The summed E-state index contributed by atoms with van der Waals surface area (Å²) in [6.07, 6.45) is 2.05. The van der Waals surface area contributed by atoms with Crippen LogP contribution in [0.2, 0.25) is 0 Å². The smallest absolute Gasteiger partial charge is 0.321 e. The molecule has 3 rings (SSSR count). The molecule has 0 aromatic heterocycles. The van der Waals surface area contributed by atoms with E-state index < -0.39 is 5.60 Å². The second-order valence-electron chi connectivity index (χ2n) is 7.54. The van der Waals surface area contributed by atoms with E-state index >= 15 is 0 Å². The van der Waals surface area contributed by atoms with Crippen LogP contribution in [0.1, 0.15) is 29.6 Å². The number of benzene rings is 1. The number of aliphatic hydroxyl groups is 1. The minimum atomic E-state index is -0.742. The molecule has 2 aliphatic heterocycles. The van der Waals surface area contributed by atoms with E-state index in [1.54, 1.807) is 17.0 Å². The maximum atomic E-state index is 12.9. The number of nitrogens with zero attached hydrogens (tertiary/aromatic N) is 3. The molecule has 0 saturated carbocycles. The van der Waals surface area contributed by atoms with Crippen LogP contribution in [-0.4, -0.2) is 79.3 Å². The van der Waals surface area contributed by atoms with E-state index in [1.807, 2.05) is 36.0 Å². The molecule has 3 amide bonds. The van der Waals surface area contributed by atoms with Gasteiger partial charge in [-0.25, -0.2) is 4.79 Å². The van der Waals surface area contributed by atoms with Gasteiger partial charge in [-0.05, 0) is 51.6 Å². The topological polar surface area (TPSA) is 76.1 Å². The molecular weight excluding hydrogens is 332 g/mol. The number of hydrogen-bond acceptors (Lipinski definition) is 4. The van der Waals surface area contributed by atoms with Crippen molar-refractivity contribution in [2.45, 2.75) is 24.9 Å². The summed E-state index contributed by atoms with van der Waals surface area (Å²) in [4.78, 5) is 30.3. The lowest BCUT2D eigenvalue weighted by Gasteiger charge is -2.30. The molecule has 2 saturated heterocycles. The number of nitrogens with one attached hydrogen (secondary N) is 1. The molecule has 0 aliphatic carbocycles. The van der Waals surface area contributed by atoms with Crippen molar-refractivity contribution in [3.63, 3.8) is 0 Å². The number of amides is 3. The number of carbonyl (C=O) groups excluding carboxylic acids is 2. The molecule has 1 aromatic carbocycles. The minimum absolute atomic E-state index is 0.0411. The SMILES string of the molecule is CN(C)CC1(O)CCCN(C(=O)c2cccc(N3CCNC3=O)c2)CC1. The summed E-state index contributed by atoms with van der Waals surface area (Å²) < 4.78 is 0. The van der Waals surface area contributed by atoms with Crippen LogP contribution in [0.4, 0.5) is 10.5 Å². The van der Waals surface area contributed by atoms with E-state index in [0.717, 1.165) is 12.1 Å². The second-order valence-corrected chi connectivity index (χ2v) is 7.54. The Kier molecular flexibility index (Phi) is 5.48. The van der Waals surface area contributed by atoms with Crippen molar-refractivity contribution in [1.82, 2.24) is 15.1 Å². The maximum absolute atomic E-state index is 12.9. The molecule has 2 aliphatic rings. The highest BCUT2D eigenvalue weighted by Crippen LogP contribution is 2.25. The number of carbonyl (C=O) groups is 2. The summed E-state index contributed by atoms with van der Waals surface area (Å²) in [6, 6.07) is 7.10. The number of rotatable bonds is 4. The van der Waals surface area contributed by atoms with E-state index in [-0.39, 0.29) is 11.9 Å². The van der Waals surface area contributed by atoms with Gasteiger partial charge in [-0.2, -0.15) is 0 Å². The summed E-state index contributed by atoms with van der Waals surface area (Å²) >= 11 is 0. The molecular formula is C19H28N4O3. The largest absolute Gasteiger partial charge is 0.388 e. The predicted molar refractivity (Wildman–Crippen MR) is 100 cm³/mol. The normalized spacial score (nSPS) is 23.9. The lowest BCUT2D eigenvalue weighted by atomic mass is 9.94. The fourth-order valence-electron chi connectivity index (χ4n) is 3.84. The highest BCUT2D eigenvalue weighted by atomic mass is 16.3. The Balaban J connectivity index is 1.70. The Labute approximate surface area is 154 Å². The molecule has 7 nitrogen and oxygen atoms in total. The van der Waals surface area contributed by atoms with Gasteiger partial charge in [0.1, 0.15) is 0 Å². The first-order chi connectivity index (χ1) is 12.4. The Hall–Kier alpha value is -2.12. The van der Waals surface area contributed by atoms with Crippen molar-refractivity contribution >= 4 is 17.6 Å². The summed E-state index contributed by atoms with van der Waals surface area (Å²) in [5.41, 5.74) is 0.582. The number of likely N-dealkylation sites (tertiary alicyclic amines) is 1. The molecule has 7 heteroatoms. The van der Waals surface area contributed by atoms with Crippen molar-refractivity contribution < 1.29 is 14.7 Å². The monoisotopic (exact) mass is 360 g/mol. The average molecular weight is 360 g/mol. The van der Waals surface area contributed by atoms with E-state index in [2.05, 4.69) is 5.32 Å². The predicted octanol–water partition coefficient (Wildman–Crippen LogP) is 1.13. The van der Waals surface area contributed by atoms with Gasteiger partial charge in [-0.3, -0.25) is 9.69 Å². The van der Waals surface area contributed by atoms with Gasteiger partial charge in [0.25, 0.3) is 5.91 Å². The molecule has 0 spiro atoms. The molecule has 2 N–H and O–H groups in total. The zero-order chi connectivity index (χ0) is 18.7. The van der Waals surface area contributed by atoms with Crippen LogP contribution in [0.3, 0.4) is 0 Å². The van der Waals surface area contributed by atoms with Crippen molar-refractivity contribution in [3.8, 4) is 0 Å². The van der Waals surface area contributed by atoms with Crippen LogP contribution < -0.4 is 10.2 Å². The third kappa shape index (κ3) is 4.16. The Morgan fingerprint density at radius 1 is 1.27 bits per heavy atom. The van der Waals surface area contributed by atoms with Crippen LogP contribution >= 0.6 is 0 Å². The Bertz CT molecular complexity index is 679. The van der Waals surface area contributed by atoms with Gasteiger partial charge in [0.05, 0.1) is 5.60 Å². The van der Waals surface area contributed by atoms with E-state index in [1.165, 1.54) is 0 Å². The summed E-state index contributed by atoms with van der Waals surface area (Å²) in [6.45, 7) is 3.01. The lowest BCUT2D eigenvalue weighted by molar-refractivity contribution is 0.00305. The number of urea groups is 1. The zero-order valence-corrected chi connectivity index (χ0v) is 15.6. The molecule has 0 radical (unpaired) electrons. The standard InChI is InChI=1S/C19H28N4O3/c1-21(2)14-19(26)7-4-10-22(11-8-19)17(24)15-5-3-6-16(13-15)23-12-9-20-18(23)25/h3,5-6,13,26H,4,7-12,14H2,1-2H3,(H,20,25). The number of likely N-dealkylation sites (N-methyl/N-ethyl adjacent to an activating group) is 1. The van der Waals surface area contributed by atoms with Crippen molar-refractivity contribution in [1.29, 1.82) is 0 Å². The van der Waals surface area contributed by atoms with Gasteiger partial charge in [-0.1, -0.05) is 6.07 Å². The van der Waals surface area contributed by atoms with Crippen molar-refractivity contribution in [2.24, 2.45) is 0 Å². The summed E-state index contributed by atoms with van der Waals surface area (Å²) in [5, 5.41) is 13.6. The van der Waals surface area contributed by atoms with Crippen LogP contribution in [0.5, 0.6) is 0 Å². The lowest BCUT2D eigenvalue weighted by Crippen LogP contribution is -2.41. The van der Waals surface area contributed by atoms with Gasteiger partial charge in [0.15, 0.2) is 0 Å². The number of hydrogen-bond donors (Lipinski definition) is 2. The quantitative estimate of drug-likeness (QED) is 0.844. The second kappa shape index (κ2) is 7.63. The molecule has 142 valence electrons. The molecule has 1 atom stereocenters. The van der Waals surface area contributed by atoms with Crippen molar-refractivity contribution in [2.75, 3.05) is 51.7 Å². The number of anilines is 1. The highest BCUT2D eigenvalue weighted by molar-refractivity contribution is 5.98. The van der Waals surface area contributed by atoms with Gasteiger partial charge in [0.2, 0.25) is 0 Å². The third-order valence-corrected chi connectivity index (χ3v) is 5.08. The third-order valence-electron chi connectivity index (χ3n) is 5.08. The molecule has 2 heterocycles. The van der Waals surface area contributed by atoms with Crippen LogP contribution in [-0.2, 0) is 0 Å². The van der Waals surface area contributed by atoms with E-state index in [9.17, 15) is 14.7 Å². The first-order valence-corrected chi connectivity index (χ1v) is 9.20. The fourth-order valence-corrected chi connectivity index (χ4v) is 3.84. The molecule has 0 bridgehead atoms. The van der Waals surface area contributed by atoms with Gasteiger partial charge in [0, 0.05) is 44.0 Å².